The Labute approximate surface area is 218 Å². The molecule has 2 amide bonds. The number of hydrogen-bond donors (Lipinski definition) is 8. The Kier molecular flexibility index (Phi) is 13.2. The van der Waals surface area contributed by atoms with E-state index < -0.39 is 80.5 Å². The lowest BCUT2D eigenvalue weighted by Crippen LogP contribution is -2.67. The molecule has 0 spiro atoms. The summed E-state index contributed by atoms with van der Waals surface area (Å²) in [6.45, 7) is 3.87. The van der Waals surface area contributed by atoms with Crippen LogP contribution in [0.1, 0.15) is 13.3 Å². The highest BCUT2D eigenvalue weighted by atomic mass is 32.2. The number of aliphatic hydroxyl groups excluding tert-OH is 7. The Balaban J connectivity index is 1.98. The lowest BCUT2D eigenvalue weighted by atomic mass is 9.96. The Morgan fingerprint density at radius 1 is 0.973 bits per heavy atom. The van der Waals surface area contributed by atoms with Gasteiger partial charge in [0, 0.05) is 25.8 Å². The first-order chi connectivity index (χ1) is 17.6. The Hall–Kier alpha value is -1.37. The van der Waals surface area contributed by atoms with Gasteiger partial charge in [0.1, 0.15) is 48.8 Å². The molecule has 2 fully saturated rings. The van der Waals surface area contributed by atoms with Crippen LogP contribution in [0.2, 0.25) is 0 Å². The topological polar surface area (TPSA) is 219 Å². The molecule has 0 saturated carbocycles. The lowest BCUT2D eigenvalue weighted by Gasteiger charge is -2.48. The van der Waals surface area contributed by atoms with Gasteiger partial charge in [0.15, 0.2) is 12.5 Å². The summed E-state index contributed by atoms with van der Waals surface area (Å²) in [4.78, 5) is 24.7. The minimum atomic E-state index is -1.77. The highest BCUT2D eigenvalue weighted by Gasteiger charge is 2.51. The van der Waals surface area contributed by atoms with Gasteiger partial charge in [-0.05, 0) is 18.2 Å². The molecule has 4 unspecified atom stereocenters. The fourth-order valence-corrected chi connectivity index (χ4v) is 4.83. The zero-order valence-electron chi connectivity index (χ0n) is 20.5. The van der Waals surface area contributed by atoms with Crippen LogP contribution in [0.25, 0.3) is 0 Å². The van der Waals surface area contributed by atoms with Gasteiger partial charge >= 0.3 is 0 Å². The van der Waals surface area contributed by atoms with E-state index in [9.17, 15) is 45.3 Å². The van der Waals surface area contributed by atoms with Gasteiger partial charge < -0.3 is 60.2 Å². The van der Waals surface area contributed by atoms with Gasteiger partial charge in [0.25, 0.3) is 0 Å². The summed E-state index contributed by atoms with van der Waals surface area (Å²) in [6, 6.07) is 0. The Bertz CT molecular complexity index is 744. The average molecular weight is 555 g/mol. The van der Waals surface area contributed by atoms with E-state index >= 15 is 0 Å². The maximum atomic E-state index is 12.3. The average Bonchev–Trinajstić information content (AvgIpc) is 2.88. The smallest absolute Gasteiger partial charge is 0.243 e. The molecule has 0 aromatic carbocycles. The molecule has 37 heavy (non-hydrogen) atoms. The summed E-state index contributed by atoms with van der Waals surface area (Å²) in [5.74, 6) is 0.567. The fraction of sp³-hybridized carbons (Fsp3) is 0.818. The van der Waals surface area contributed by atoms with Gasteiger partial charge in [-0.25, -0.2) is 0 Å². The molecule has 0 radical (unpaired) electrons. The number of rotatable bonds is 13. The van der Waals surface area contributed by atoms with E-state index in [1.807, 2.05) is 0 Å². The van der Waals surface area contributed by atoms with Crippen molar-refractivity contribution in [3.8, 4) is 0 Å². The van der Waals surface area contributed by atoms with Gasteiger partial charge in [0.05, 0.1) is 13.2 Å². The number of carbonyl (C=O) groups excluding carboxylic acids is 2. The van der Waals surface area contributed by atoms with Gasteiger partial charge in [0.2, 0.25) is 11.8 Å². The molecular formula is C22H38N2O12S. The molecular weight excluding hydrogens is 516 g/mol. The van der Waals surface area contributed by atoms with Crippen molar-refractivity contribution < 1.29 is 59.5 Å². The van der Waals surface area contributed by atoms with E-state index in [0.717, 1.165) is 0 Å². The minimum absolute atomic E-state index is 0.173. The van der Waals surface area contributed by atoms with Crippen molar-refractivity contribution in [2.75, 3.05) is 37.8 Å². The molecule has 214 valence electrons. The summed E-state index contributed by atoms with van der Waals surface area (Å²) in [7, 11) is 0. The number of nitrogens with one attached hydrogen (secondary N) is 1. The van der Waals surface area contributed by atoms with E-state index in [4.69, 9.17) is 14.2 Å². The second-order valence-corrected chi connectivity index (χ2v) is 9.93. The van der Waals surface area contributed by atoms with Crippen molar-refractivity contribution >= 4 is 23.6 Å². The van der Waals surface area contributed by atoms with Gasteiger partial charge in [-0.2, -0.15) is 11.8 Å². The SMILES string of the molecule is C=CC(=O)NCCSCCCN(C(C)=O)[C@H]1O[C@H](CO)[C@@H](O[C@@H]2OC(CO)[C@H](O)[C@H](O)C2O)C(O)C1O. The van der Waals surface area contributed by atoms with Crippen molar-refractivity contribution in [2.45, 2.75) is 74.7 Å². The maximum Gasteiger partial charge on any atom is 0.243 e. The van der Waals surface area contributed by atoms with Gasteiger partial charge in [-0.15, -0.1) is 0 Å². The van der Waals surface area contributed by atoms with Crippen molar-refractivity contribution in [3.63, 3.8) is 0 Å². The monoisotopic (exact) mass is 554 g/mol. The molecule has 0 bridgehead atoms. The molecule has 2 rings (SSSR count). The second-order valence-electron chi connectivity index (χ2n) is 8.70. The molecule has 0 aliphatic carbocycles. The third-order valence-corrected chi connectivity index (χ3v) is 7.18. The number of nitrogens with zero attached hydrogens (tertiary/aromatic N) is 1. The molecule has 0 aromatic rings. The molecule has 14 nitrogen and oxygen atoms in total. The van der Waals surface area contributed by atoms with Crippen LogP contribution in [-0.2, 0) is 23.8 Å². The third-order valence-electron chi connectivity index (χ3n) is 6.11. The maximum absolute atomic E-state index is 12.3. The van der Waals surface area contributed by atoms with E-state index in [-0.39, 0.29) is 12.5 Å². The zero-order valence-corrected chi connectivity index (χ0v) is 21.4. The highest BCUT2D eigenvalue weighted by Crippen LogP contribution is 2.30. The van der Waals surface area contributed by atoms with Crippen molar-refractivity contribution in [1.29, 1.82) is 0 Å². The predicted molar refractivity (Wildman–Crippen MR) is 129 cm³/mol. The first-order valence-corrected chi connectivity index (χ1v) is 13.1. The summed E-state index contributed by atoms with van der Waals surface area (Å²) < 4.78 is 16.5. The molecule has 15 heteroatoms. The number of ether oxygens (including phenoxy) is 3. The quantitative estimate of drug-likeness (QED) is 0.0802. The van der Waals surface area contributed by atoms with Crippen LogP contribution >= 0.6 is 11.8 Å². The third kappa shape index (κ3) is 8.31. The normalized spacial score (nSPS) is 36.1. The summed E-state index contributed by atoms with van der Waals surface area (Å²) in [6.07, 6.45) is -13.7. The number of hydrogen-bond acceptors (Lipinski definition) is 13. The van der Waals surface area contributed by atoms with Crippen molar-refractivity contribution in [3.05, 3.63) is 12.7 Å². The summed E-state index contributed by atoms with van der Waals surface area (Å²) >= 11 is 1.54. The molecule has 2 heterocycles. The molecule has 2 aliphatic heterocycles. The summed E-state index contributed by atoms with van der Waals surface area (Å²) in [5, 5.41) is 73.5. The fourth-order valence-electron chi connectivity index (χ4n) is 4.05. The van der Waals surface area contributed by atoms with Crippen molar-refractivity contribution in [2.24, 2.45) is 0 Å². The molecule has 10 atom stereocenters. The number of aliphatic hydroxyl groups is 7. The molecule has 2 saturated heterocycles. The standard InChI is InChI=1S/C22H38N2O12S/c1-3-14(28)23-5-8-37-7-4-6-24(11(2)27)21-18(32)17(31)20(13(10-26)34-21)36-22-19(33)16(30)15(29)12(9-25)35-22/h3,12-13,15-22,25-26,29-33H,1,4-10H2,2H3,(H,23,28)/t12?,13-,15+,16+,17?,18?,19?,20-,21+,22+/m1/s1. The van der Waals surface area contributed by atoms with Crippen LogP contribution in [0.4, 0.5) is 0 Å². The van der Waals surface area contributed by atoms with Crippen LogP contribution in [0.5, 0.6) is 0 Å². The van der Waals surface area contributed by atoms with Gasteiger partial charge in [-0.1, -0.05) is 6.58 Å². The van der Waals surface area contributed by atoms with E-state index in [0.29, 0.717) is 24.5 Å². The van der Waals surface area contributed by atoms with E-state index in [1.54, 1.807) is 11.8 Å². The minimum Gasteiger partial charge on any atom is -0.394 e. The first-order valence-electron chi connectivity index (χ1n) is 11.9. The highest BCUT2D eigenvalue weighted by molar-refractivity contribution is 7.99. The van der Waals surface area contributed by atoms with Crippen molar-refractivity contribution in [1.82, 2.24) is 10.2 Å². The largest absolute Gasteiger partial charge is 0.394 e. The van der Waals surface area contributed by atoms with E-state index in [1.165, 1.54) is 17.9 Å². The van der Waals surface area contributed by atoms with Crippen LogP contribution < -0.4 is 5.32 Å². The van der Waals surface area contributed by atoms with Gasteiger partial charge in [-0.3, -0.25) is 9.59 Å². The summed E-state index contributed by atoms with van der Waals surface area (Å²) in [5.41, 5.74) is 0. The van der Waals surface area contributed by atoms with E-state index in [2.05, 4.69) is 11.9 Å². The van der Waals surface area contributed by atoms with Crippen LogP contribution in [0.15, 0.2) is 12.7 Å². The Morgan fingerprint density at radius 3 is 2.24 bits per heavy atom. The number of thioether (sulfide) groups is 1. The molecule has 8 N–H and O–H groups in total. The molecule has 2 aliphatic rings. The van der Waals surface area contributed by atoms with Crippen LogP contribution in [0, 0.1) is 0 Å². The Morgan fingerprint density at radius 2 is 1.65 bits per heavy atom. The second kappa shape index (κ2) is 15.3. The zero-order chi connectivity index (χ0) is 27.7. The number of carbonyl (C=O) groups is 2. The van der Waals surface area contributed by atoms with Crippen LogP contribution in [0.3, 0.4) is 0 Å². The molecule has 0 aromatic heterocycles. The number of amides is 2. The lowest BCUT2D eigenvalue weighted by molar-refractivity contribution is -0.347. The first kappa shape index (κ1) is 31.8. The van der Waals surface area contributed by atoms with Crippen LogP contribution in [-0.4, -0.2) is 152 Å². The predicted octanol–water partition coefficient (Wildman–Crippen LogP) is -4.12.